The maximum absolute atomic E-state index is 12.8. The first-order chi connectivity index (χ1) is 15.3. The Bertz CT molecular complexity index is 1100. The zero-order chi connectivity index (χ0) is 22.5. The standard InChI is InChI=1S/C19H19F5N8/c20-14(21)7-26-15-8-25-13-6-30-32(18(13)31-15)11-1-9-3-27-16(12(9)2-11)17-28-4-10(5-29-17)19(22,23)24/h4-6,8-9,11-12,14,16,27H,1-3,7H2,(H,26,31)/t9-,11+,12+,16+/m1/s1. The molecule has 1 saturated carbocycles. The summed E-state index contributed by atoms with van der Waals surface area (Å²) in [6.45, 7) is 0.171. The molecule has 0 aromatic carbocycles. The van der Waals surface area contributed by atoms with Crippen LogP contribution in [-0.4, -0.2) is 49.2 Å². The fourth-order valence-corrected chi connectivity index (χ4v) is 4.68. The fraction of sp³-hybridized carbons (Fsp3) is 0.526. The lowest BCUT2D eigenvalue weighted by atomic mass is 9.93. The van der Waals surface area contributed by atoms with Gasteiger partial charge in [-0.2, -0.15) is 18.3 Å². The topological polar surface area (TPSA) is 93.4 Å². The second-order valence-corrected chi connectivity index (χ2v) is 8.09. The summed E-state index contributed by atoms with van der Waals surface area (Å²) in [7, 11) is 0. The molecule has 0 amide bonds. The van der Waals surface area contributed by atoms with Gasteiger partial charge in [0.1, 0.15) is 17.2 Å². The Morgan fingerprint density at radius 1 is 1.09 bits per heavy atom. The zero-order valence-corrected chi connectivity index (χ0v) is 16.6. The van der Waals surface area contributed by atoms with E-state index in [4.69, 9.17) is 0 Å². The van der Waals surface area contributed by atoms with Crippen LogP contribution in [0.5, 0.6) is 0 Å². The number of hydrogen-bond donors (Lipinski definition) is 2. The van der Waals surface area contributed by atoms with Crippen LogP contribution in [0.1, 0.15) is 36.3 Å². The summed E-state index contributed by atoms with van der Waals surface area (Å²) < 4.78 is 65.2. The van der Waals surface area contributed by atoms with E-state index in [1.807, 2.05) is 0 Å². The van der Waals surface area contributed by atoms with Crippen LogP contribution >= 0.6 is 0 Å². The molecule has 4 atom stereocenters. The predicted molar refractivity (Wildman–Crippen MR) is 103 cm³/mol. The molecule has 1 saturated heterocycles. The van der Waals surface area contributed by atoms with Crippen LogP contribution in [0.2, 0.25) is 0 Å². The number of nitrogens with zero attached hydrogens (tertiary/aromatic N) is 6. The van der Waals surface area contributed by atoms with Crippen molar-refractivity contribution in [2.75, 3.05) is 18.4 Å². The lowest BCUT2D eigenvalue weighted by Crippen LogP contribution is -2.22. The van der Waals surface area contributed by atoms with Crippen LogP contribution in [0.15, 0.2) is 24.8 Å². The first kappa shape index (κ1) is 20.9. The van der Waals surface area contributed by atoms with E-state index >= 15 is 0 Å². The molecule has 2 fully saturated rings. The minimum absolute atomic E-state index is 0.00111. The van der Waals surface area contributed by atoms with E-state index in [-0.39, 0.29) is 29.7 Å². The van der Waals surface area contributed by atoms with Crippen molar-refractivity contribution in [1.82, 2.24) is 35.0 Å². The number of halogens is 5. The van der Waals surface area contributed by atoms with E-state index < -0.39 is 24.7 Å². The third kappa shape index (κ3) is 3.85. The molecule has 4 heterocycles. The van der Waals surface area contributed by atoms with Gasteiger partial charge in [-0.15, -0.1) is 0 Å². The number of aromatic nitrogens is 6. The van der Waals surface area contributed by atoms with Gasteiger partial charge >= 0.3 is 6.18 Å². The predicted octanol–water partition coefficient (Wildman–Crippen LogP) is 3.22. The van der Waals surface area contributed by atoms with Gasteiger partial charge in [-0.25, -0.2) is 33.4 Å². The van der Waals surface area contributed by atoms with E-state index in [1.165, 1.54) is 6.20 Å². The van der Waals surface area contributed by atoms with Gasteiger partial charge in [0.05, 0.1) is 36.6 Å². The molecule has 0 bridgehead atoms. The molecule has 8 nitrogen and oxygen atoms in total. The number of anilines is 1. The first-order valence-corrected chi connectivity index (χ1v) is 10.1. The van der Waals surface area contributed by atoms with Crippen molar-refractivity contribution < 1.29 is 22.0 Å². The van der Waals surface area contributed by atoms with Crippen molar-refractivity contribution in [3.63, 3.8) is 0 Å². The maximum Gasteiger partial charge on any atom is 0.419 e. The average Bonchev–Trinajstić information content (AvgIpc) is 3.45. The molecule has 3 aromatic heterocycles. The second kappa shape index (κ2) is 7.87. The molecule has 1 aliphatic heterocycles. The normalized spacial score (nSPS) is 25.6. The van der Waals surface area contributed by atoms with Crippen LogP contribution < -0.4 is 10.6 Å². The minimum Gasteiger partial charge on any atom is -0.363 e. The van der Waals surface area contributed by atoms with Gasteiger partial charge in [0.25, 0.3) is 6.43 Å². The number of rotatable bonds is 5. The first-order valence-electron chi connectivity index (χ1n) is 10.1. The zero-order valence-electron chi connectivity index (χ0n) is 16.6. The van der Waals surface area contributed by atoms with Gasteiger partial charge in [-0.1, -0.05) is 0 Å². The lowest BCUT2D eigenvalue weighted by molar-refractivity contribution is -0.138. The highest BCUT2D eigenvalue weighted by Crippen LogP contribution is 2.48. The van der Waals surface area contributed by atoms with E-state index in [0.29, 0.717) is 30.0 Å². The molecule has 0 unspecified atom stereocenters. The number of alkyl halides is 5. The smallest absolute Gasteiger partial charge is 0.363 e. The molecule has 170 valence electrons. The largest absolute Gasteiger partial charge is 0.419 e. The quantitative estimate of drug-likeness (QED) is 0.572. The lowest BCUT2D eigenvalue weighted by Gasteiger charge is -2.19. The van der Waals surface area contributed by atoms with Gasteiger partial charge < -0.3 is 10.6 Å². The van der Waals surface area contributed by atoms with Gasteiger partial charge in [0.2, 0.25) is 0 Å². The monoisotopic (exact) mass is 454 g/mol. The summed E-state index contributed by atoms with van der Waals surface area (Å²) in [6, 6.07) is -0.246. The molecule has 1 aliphatic carbocycles. The Balaban J connectivity index is 1.35. The van der Waals surface area contributed by atoms with Crippen molar-refractivity contribution in [3.05, 3.63) is 36.2 Å². The van der Waals surface area contributed by atoms with Gasteiger partial charge in [-0.3, -0.25) is 0 Å². The fourth-order valence-electron chi connectivity index (χ4n) is 4.68. The van der Waals surface area contributed by atoms with Crippen LogP contribution in [0.3, 0.4) is 0 Å². The number of nitrogens with one attached hydrogen (secondary N) is 2. The van der Waals surface area contributed by atoms with Crippen molar-refractivity contribution >= 4 is 17.0 Å². The molecule has 2 N–H and O–H groups in total. The summed E-state index contributed by atoms with van der Waals surface area (Å²) in [4.78, 5) is 16.6. The second-order valence-electron chi connectivity index (χ2n) is 8.09. The van der Waals surface area contributed by atoms with Crippen LogP contribution in [0.25, 0.3) is 11.2 Å². The summed E-state index contributed by atoms with van der Waals surface area (Å²) in [5.41, 5.74) is 0.188. The Hall–Kier alpha value is -2.96. The van der Waals surface area contributed by atoms with E-state index in [0.717, 1.165) is 18.8 Å². The molecule has 3 aromatic rings. The van der Waals surface area contributed by atoms with Gasteiger partial charge in [0.15, 0.2) is 5.65 Å². The van der Waals surface area contributed by atoms with E-state index in [2.05, 4.69) is 35.7 Å². The highest BCUT2D eigenvalue weighted by molar-refractivity contribution is 5.71. The van der Waals surface area contributed by atoms with Crippen LogP contribution in [-0.2, 0) is 6.18 Å². The average molecular weight is 454 g/mol. The molecule has 13 heteroatoms. The molecule has 0 radical (unpaired) electrons. The van der Waals surface area contributed by atoms with Crippen LogP contribution in [0, 0.1) is 11.8 Å². The van der Waals surface area contributed by atoms with Crippen molar-refractivity contribution in [3.8, 4) is 0 Å². The maximum atomic E-state index is 12.8. The molecule has 0 spiro atoms. The van der Waals surface area contributed by atoms with Crippen molar-refractivity contribution in [2.24, 2.45) is 11.8 Å². The summed E-state index contributed by atoms with van der Waals surface area (Å²) >= 11 is 0. The van der Waals surface area contributed by atoms with Crippen molar-refractivity contribution in [1.29, 1.82) is 0 Å². The number of hydrogen-bond acceptors (Lipinski definition) is 7. The third-order valence-corrected chi connectivity index (χ3v) is 6.12. The molecule has 2 aliphatic rings. The highest BCUT2D eigenvalue weighted by atomic mass is 19.4. The molecule has 5 rings (SSSR count). The highest BCUT2D eigenvalue weighted by Gasteiger charge is 2.46. The minimum atomic E-state index is -4.48. The molecule has 32 heavy (non-hydrogen) atoms. The van der Waals surface area contributed by atoms with E-state index in [9.17, 15) is 22.0 Å². The van der Waals surface area contributed by atoms with Gasteiger partial charge in [-0.05, 0) is 31.2 Å². The Morgan fingerprint density at radius 3 is 2.59 bits per heavy atom. The number of fused-ring (bicyclic) bond motifs is 2. The summed E-state index contributed by atoms with van der Waals surface area (Å²) in [5.74, 6) is 0.998. The van der Waals surface area contributed by atoms with Crippen LogP contribution in [0.4, 0.5) is 27.8 Å². The van der Waals surface area contributed by atoms with Crippen molar-refractivity contribution in [2.45, 2.75) is 37.5 Å². The Labute approximate surface area is 178 Å². The Kier molecular flexibility index (Phi) is 5.14. The molecular formula is C19H19F5N8. The summed E-state index contributed by atoms with van der Waals surface area (Å²) in [6.07, 6.45) is -0.883. The summed E-state index contributed by atoms with van der Waals surface area (Å²) in [5, 5.41) is 10.3. The Morgan fingerprint density at radius 2 is 1.88 bits per heavy atom. The third-order valence-electron chi connectivity index (χ3n) is 6.12. The SMILES string of the molecule is FC(F)CNc1cnc2cnn([C@H]3C[C@@H]4CN[C@H](c5ncc(C(F)(F)F)cn5)[C@H]4C3)c2n1. The van der Waals surface area contributed by atoms with E-state index in [1.54, 1.807) is 10.9 Å². The molecular weight excluding hydrogens is 435 g/mol. The van der Waals surface area contributed by atoms with Gasteiger partial charge in [0, 0.05) is 12.4 Å².